The molecule has 0 bridgehead atoms. The molecular formula is C21H21N3OS. The lowest BCUT2D eigenvalue weighted by Gasteiger charge is -2.38. The number of amides is 1. The van der Waals surface area contributed by atoms with Crippen LogP contribution in [-0.4, -0.2) is 10.9 Å². The van der Waals surface area contributed by atoms with Crippen LogP contribution in [0.5, 0.6) is 0 Å². The van der Waals surface area contributed by atoms with Crippen LogP contribution in [-0.2, 0) is 10.3 Å². The fourth-order valence-electron chi connectivity index (χ4n) is 3.41. The number of nitrogens with zero attached hydrogens (tertiary/aromatic N) is 1. The maximum Gasteiger partial charge on any atom is 0.221 e. The molecule has 1 aromatic carbocycles. The Bertz CT molecular complexity index is 928. The van der Waals surface area contributed by atoms with Gasteiger partial charge in [0.15, 0.2) is 0 Å². The average molecular weight is 363 g/mol. The lowest BCUT2D eigenvalue weighted by molar-refractivity contribution is -0.114. The average Bonchev–Trinajstić information content (AvgIpc) is 3.14. The number of carbonyl (C=O) groups is 1. The van der Waals surface area contributed by atoms with E-state index in [4.69, 9.17) is 5.73 Å². The van der Waals surface area contributed by atoms with Crippen LogP contribution < -0.4 is 11.1 Å². The van der Waals surface area contributed by atoms with Gasteiger partial charge in [-0.1, -0.05) is 24.3 Å². The SMILES string of the molecule is CC(=O)Nc1cnc(-c2ccc(C3(N)CCC3)cc2)c(-c2ccsc2)c1. The van der Waals surface area contributed by atoms with Gasteiger partial charge in [0.05, 0.1) is 17.6 Å². The fraction of sp³-hybridized carbons (Fsp3) is 0.238. The Morgan fingerprint density at radius 2 is 1.96 bits per heavy atom. The molecule has 4 nitrogen and oxygen atoms in total. The summed E-state index contributed by atoms with van der Waals surface area (Å²) in [6, 6.07) is 12.5. The molecule has 2 heterocycles. The summed E-state index contributed by atoms with van der Waals surface area (Å²) in [5.41, 5.74) is 12.2. The zero-order valence-corrected chi connectivity index (χ0v) is 15.5. The van der Waals surface area contributed by atoms with Gasteiger partial charge in [0.1, 0.15) is 0 Å². The zero-order chi connectivity index (χ0) is 18.1. The first-order chi connectivity index (χ1) is 12.5. The van der Waals surface area contributed by atoms with E-state index >= 15 is 0 Å². The van der Waals surface area contributed by atoms with Crippen LogP contribution in [0.15, 0.2) is 53.4 Å². The van der Waals surface area contributed by atoms with Crippen LogP contribution in [0.1, 0.15) is 31.7 Å². The maximum atomic E-state index is 11.4. The number of nitrogens with two attached hydrogens (primary N) is 1. The third-order valence-corrected chi connectivity index (χ3v) is 5.70. The third-order valence-electron chi connectivity index (χ3n) is 5.02. The van der Waals surface area contributed by atoms with Crippen molar-refractivity contribution in [3.63, 3.8) is 0 Å². The predicted molar refractivity (Wildman–Crippen MR) is 107 cm³/mol. The smallest absolute Gasteiger partial charge is 0.221 e. The number of anilines is 1. The lowest BCUT2D eigenvalue weighted by atomic mass is 9.72. The van der Waals surface area contributed by atoms with Crippen molar-refractivity contribution < 1.29 is 4.79 Å². The predicted octanol–water partition coefficient (Wildman–Crippen LogP) is 4.77. The number of aromatic nitrogens is 1. The Hall–Kier alpha value is -2.50. The molecule has 4 rings (SSSR count). The van der Waals surface area contributed by atoms with Gasteiger partial charge in [0.25, 0.3) is 0 Å². The first-order valence-corrected chi connectivity index (χ1v) is 9.69. The molecule has 3 N–H and O–H groups in total. The number of rotatable bonds is 4. The number of benzene rings is 1. The normalized spacial score (nSPS) is 15.3. The summed E-state index contributed by atoms with van der Waals surface area (Å²) in [7, 11) is 0. The van der Waals surface area contributed by atoms with Crippen LogP contribution >= 0.6 is 11.3 Å². The van der Waals surface area contributed by atoms with Crippen LogP contribution in [0.25, 0.3) is 22.4 Å². The van der Waals surface area contributed by atoms with Crippen LogP contribution in [0.2, 0.25) is 0 Å². The minimum atomic E-state index is -0.155. The van der Waals surface area contributed by atoms with E-state index in [1.54, 1.807) is 17.5 Å². The molecule has 1 aliphatic carbocycles. The van der Waals surface area contributed by atoms with E-state index in [1.807, 2.05) is 11.4 Å². The van der Waals surface area contributed by atoms with Gasteiger partial charge >= 0.3 is 0 Å². The molecule has 0 unspecified atom stereocenters. The summed E-state index contributed by atoms with van der Waals surface area (Å²) in [5, 5.41) is 6.95. The van der Waals surface area contributed by atoms with Crippen LogP contribution in [0, 0.1) is 0 Å². The summed E-state index contributed by atoms with van der Waals surface area (Å²) in [6.07, 6.45) is 5.01. The molecular weight excluding hydrogens is 342 g/mol. The minimum Gasteiger partial charge on any atom is -0.325 e. The quantitative estimate of drug-likeness (QED) is 0.701. The molecule has 0 radical (unpaired) electrons. The van der Waals surface area contributed by atoms with Gasteiger partial charge in [0.2, 0.25) is 5.91 Å². The van der Waals surface area contributed by atoms with Crippen LogP contribution in [0.4, 0.5) is 5.69 Å². The largest absolute Gasteiger partial charge is 0.325 e. The summed E-state index contributed by atoms with van der Waals surface area (Å²) in [5.74, 6) is -0.103. The van der Waals surface area contributed by atoms with Crippen molar-refractivity contribution in [2.45, 2.75) is 31.7 Å². The molecule has 1 aliphatic rings. The first kappa shape index (κ1) is 16.9. The number of hydrogen-bond acceptors (Lipinski definition) is 4. The molecule has 0 spiro atoms. The second-order valence-corrected chi connectivity index (χ2v) is 7.68. The maximum absolute atomic E-state index is 11.4. The van der Waals surface area contributed by atoms with Gasteiger partial charge in [0, 0.05) is 23.6 Å². The summed E-state index contributed by atoms with van der Waals surface area (Å²) >= 11 is 1.64. The Morgan fingerprint density at radius 3 is 2.54 bits per heavy atom. The Kier molecular flexibility index (Phi) is 4.34. The zero-order valence-electron chi connectivity index (χ0n) is 14.7. The fourth-order valence-corrected chi connectivity index (χ4v) is 4.07. The van der Waals surface area contributed by atoms with Crippen molar-refractivity contribution in [2.24, 2.45) is 5.73 Å². The van der Waals surface area contributed by atoms with E-state index in [2.05, 4.69) is 46.0 Å². The van der Waals surface area contributed by atoms with Gasteiger partial charge in [-0.15, -0.1) is 0 Å². The third kappa shape index (κ3) is 3.16. The standard InChI is InChI=1S/C21H21N3OS/c1-14(25)24-18-11-19(16-7-10-26-13-16)20(23-12-18)15-3-5-17(6-4-15)21(22)8-2-9-21/h3-7,10-13H,2,8-9,22H2,1H3,(H,24,25). The highest BCUT2D eigenvalue weighted by molar-refractivity contribution is 7.08. The molecule has 1 saturated carbocycles. The molecule has 0 atom stereocenters. The molecule has 1 fully saturated rings. The molecule has 0 saturated heterocycles. The number of nitrogens with one attached hydrogen (secondary N) is 1. The van der Waals surface area contributed by atoms with Gasteiger partial charge < -0.3 is 11.1 Å². The molecule has 132 valence electrons. The Labute approximate surface area is 157 Å². The van der Waals surface area contributed by atoms with Crippen molar-refractivity contribution in [1.82, 2.24) is 4.98 Å². The number of hydrogen-bond donors (Lipinski definition) is 2. The highest BCUT2D eigenvalue weighted by Crippen LogP contribution is 2.40. The van der Waals surface area contributed by atoms with Crippen molar-refractivity contribution >= 4 is 22.9 Å². The van der Waals surface area contributed by atoms with E-state index in [0.29, 0.717) is 5.69 Å². The number of carbonyl (C=O) groups excluding carboxylic acids is 1. The molecule has 2 aromatic heterocycles. The molecule has 3 aromatic rings. The van der Waals surface area contributed by atoms with E-state index in [9.17, 15) is 4.79 Å². The summed E-state index contributed by atoms with van der Waals surface area (Å²) < 4.78 is 0. The van der Waals surface area contributed by atoms with Crippen molar-refractivity contribution in [3.8, 4) is 22.4 Å². The van der Waals surface area contributed by atoms with Crippen molar-refractivity contribution in [2.75, 3.05) is 5.32 Å². The number of pyridine rings is 1. The second-order valence-electron chi connectivity index (χ2n) is 6.90. The van der Waals surface area contributed by atoms with E-state index in [0.717, 1.165) is 35.2 Å². The van der Waals surface area contributed by atoms with Gasteiger partial charge in [-0.2, -0.15) is 11.3 Å². The first-order valence-electron chi connectivity index (χ1n) is 8.75. The van der Waals surface area contributed by atoms with E-state index in [1.165, 1.54) is 18.9 Å². The van der Waals surface area contributed by atoms with Crippen molar-refractivity contribution in [1.29, 1.82) is 0 Å². The Balaban J connectivity index is 1.74. The minimum absolute atomic E-state index is 0.103. The second kappa shape index (κ2) is 6.67. The highest BCUT2D eigenvalue weighted by atomic mass is 32.1. The van der Waals surface area contributed by atoms with Gasteiger partial charge in [-0.05, 0) is 53.3 Å². The summed E-state index contributed by atoms with van der Waals surface area (Å²) in [6.45, 7) is 1.50. The summed E-state index contributed by atoms with van der Waals surface area (Å²) in [4.78, 5) is 16.0. The Morgan fingerprint density at radius 1 is 1.19 bits per heavy atom. The molecule has 26 heavy (non-hydrogen) atoms. The molecule has 0 aliphatic heterocycles. The van der Waals surface area contributed by atoms with E-state index in [-0.39, 0.29) is 11.4 Å². The number of thiophene rings is 1. The topological polar surface area (TPSA) is 68.0 Å². The van der Waals surface area contributed by atoms with Crippen LogP contribution in [0.3, 0.4) is 0 Å². The lowest BCUT2D eigenvalue weighted by Crippen LogP contribution is -2.43. The molecule has 5 heteroatoms. The van der Waals surface area contributed by atoms with E-state index < -0.39 is 0 Å². The van der Waals surface area contributed by atoms with Gasteiger partial charge in [-0.3, -0.25) is 9.78 Å². The molecule has 1 amide bonds. The highest BCUT2D eigenvalue weighted by Gasteiger charge is 2.34. The monoisotopic (exact) mass is 363 g/mol. The van der Waals surface area contributed by atoms with Gasteiger partial charge in [-0.25, -0.2) is 0 Å². The van der Waals surface area contributed by atoms with Crippen molar-refractivity contribution in [3.05, 3.63) is 58.9 Å².